The smallest absolute Gasteiger partial charge is 0.255 e. The van der Waals surface area contributed by atoms with Crippen LogP contribution in [0.2, 0.25) is 0 Å². The Bertz CT molecular complexity index is 1520. The number of benzene rings is 3. The average Bonchev–Trinajstić information content (AvgIpc) is 3.41. The Morgan fingerprint density at radius 2 is 1.73 bits per heavy atom. The first kappa shape index (κ1) is 29.1. The molecule has 2 N–H and O–H groups in total. The van der Waals surface area contributed by atoms with E-state index in [-0.39, 0.29) is 36.4 Å². The van der Waals surface area contributed by atoms with E-state index in [0.717, 1.165) is 26.0 Å². The lowest BCUT2D eigenvalue weighted by Crippen LogP contribution is -2.38. The van der Waals surface area contributed by atoms with E-state index in [1.807, 2.05) is 37.3 Å². The van der Waals surface area contributed by atoms with Crippen LogP contribution in [0.4, 0.5) is 5.69 Å². The molecule has 41 heavy (non-hydrogen) atoms. The van der Waals surface area contributed by atoms with Gasteiger partial charge in [-0.3, -0.25) is 9.59 Å². The minimum absolute atomic E-state index is 0.0211. The van der Waals surface area contributed by atoms with Crippen LogP contribution in [0.1, 0.15) is 68.7 Å². The summed E-state index contributed by atoms with van der Waals surface area (Å²) < 4.78 is 13.9. The van der Waals surface area contributed by atoms with E-state index in [1.165, 1.54) is 6.92 Å². The maximum absolute atomic E-state index is 13.1. The van der Waals surface area contributed by atoms with Gasteiger partial charge in [-0.25, -0.2) is 0 Å². The summed E-state index contributed by atoms with van der Waals surface area (Å²) in [6.45, 7) is 5.50. The van der Waals surface area contributed by atoms with Gasteiger partial charge < -0.3 is 19.9 Å². The zero-order valence-electron chi connectivity index (χ0n) is 22.9. The molecule has 0 bridgehead atoms. The molecule has 0 radical (unpaired) electrons. The van der Waals surface area contributed by atoms with Crippen LogP contribution in [-0.2, 0) is 16.1 Å². The first-order valence-electron chi connectivity index (χ1n) is 13.3. The number of carbonyl (C=O) groups excluding carboxylic acids is 2. The summed E-state index contributed by atoms with van der Waals surface area (Å²) >= 11 is 3.16. The SMILES string of the molecule is CC(=O)c1cccc(NC(=O)c2cccc(C3OC(CSc4nnc(C)s4)C(C)C(c4ccc(CO)cc4)O3)c2)c1. The zero-order chi connectivity index (χ0) is 28.9. The number of aliphatic hydroxyl groups excluding tert-OH is 1. The van der Waals surface area contributed by atoms with E-state index in [4.69, 9.17) is 9.47 Å². The van der Waals surface area contributed by atoms with Crippen LogP contribution in [0.5, 0.6) is 0 Å². The van der Waals surface area contributed by atoms with Crippen molar-refractivity contribution in [2.45, 2.75) is 50.2 Å². The van der Waals surface area contributed by atoms with E-state index >= 15 is 0 Å². The molecule has 5 rings (SSSR count). The van der Waals surface area contributed by atoms with Crippen molar-refractivity contribution in [1.82, 2.24) is 10.2 Å². The van der Waals surface area contributed by atoms with Crippen molar-refractivity contribution in [2.24, 2.45) is 5.92 Å². The average molecular weight is 590 g/mol. The van der Waals surface area contributed by atoms with Crippen LogP contribution in [0.25, 0.3) is 0 Å². The molecule has 0 spiro atoms. The van der Waals surface area contributed by atoms with Crippen molar-refractivity contribution in [3.8, 4) is 0 Å². The number of ether oxygens (including phenoxy) is 2. The number of aliphatic hydroxyl groups is 1. The van der Waals surface area contributed by atoms with Crippen molar-refractivity contribution < 1.29 is 24.2 Å². The predicted octanol–water partition coefficient (Wildman–Crippen LogP) is 6.38. The van der Waals surface area contributed by atoms with Crippen LogP contribution in [0.3, 0.4) is 0 Å². The number of anilines is 1. The third-order valence-electron chi connectivity index (χ3n) is 6.95. The molecule has 1 aliphatic heterocycles. The van der Waals surface area contributed by atoms with Gasteiger partial charge >= 0.3 is 0 Å². The van der Waals surface area contributed by atoms with Gasteiger partial charge in [-0.05, 0) is 49.2 Å². The lowest BCUT2D eigenvalue weighted by Gasteiger charge is -2.41. The van der Waals surface area contributed by atoms with Crippen LogP contribution in [-0.4, -0.2) is 38.9 Å². The summed E-state index contributed by atoms with van der Waals surface area (Å²) in [5.74, 6) is 0.311. The second kappa shape index (κ2) is 13.1. The Morgan fingerprint density at radius 1 is 0.976 bits per heavy atom. The lowest BCUT2D eigenvalue weighted by molar-refractivity contribution is -0.268. The number of hydrogen-bond donors (Lipinski definition) is 2. The first-order chi connectivity index (χ1) is 19.8. The van der Waals surface area contributed by atoms with Crippen molar-refractivity contribution in [3.05, 3.63) is 106 Å². The molecule has 212 valence electrons. The largest absolute Gasteiger partial charge is 0.392 e. The Kier molecular flexibility index (Phi) is 9.26. The molecule has 0 saturated carbocycles. The molecule has 1 saturated heterocycles. The quantitative estimate of drug-likeness (QED) is 0.171. The van der Waals surface area contributed by atoms with Gasteiger partial charge in [0.1, 0.15) is 5.01 Å². The number of ketones is 1. The Morgan fingerprint density at radius 3 is 2.44 bits per heavy atom. The number of thioether (sulfide) groups is 1. The number of Topliss-reactive ketones (excluding diaryl/α,β-unsaturated/α-hetero) is 1. The van der Waals surface area contributed by atoms with Gasteiger partial charge in [0.25, 0.3) is 5.91 Å². The molecule has 3 aromatic carbocycles. The van der Waals surface area contributed by atoms with Gasteiger partial charge in [-0.2, -0.15) is 0 Å². The third-order valence-corrected chi connectivity index (χ3v) is 9.01. The maximum Gasteiger partial charge on any atom is 0.255 e. The molecule has 1 aromatic heterocycles. The molecule has 2 heterocycles. The van der Waals surface area contributed by atoms with Crippen LogP contribution in [0, 0.1) is 12.8 Å². The Labute approximate surface area is 247 Å². The van der Waals surface area contributed by atoms with E-state index in [0.29, 0.717) is 22.6 Å². The molecule has 4 unspecified atom stereocenters. The molecule has 4 aromatic rings. The van der Waals surface area contributed by atoms with Gasteiger partial charge in [0.15, 0.2) is 16.4 Å². The third kappa shape index (κ3) is 7.09. The highest BCUT2D eigenvalue weighted by Gasteiger charge is 2.38. The normalized spacial score (nSPS) is 20.5. The highest BCUT2D eigenvalue weighted by molar-refractivity contribution is 8.01. The first-order valence-corrected chi connectivity index (χ1v) is 15.1. The fourth-order valence-electron chi connectivity index (χ4n) is 4.65. The van der Waals surface area contributed by atoms with Gasteiger partial charge in [-0.1, -0.05) is 78.6 Å². The number of aromatic nitrogens is 2. The molecule has 1 fully saturated rings. The number of carbonyl (C=O) groups is 2. The van der Waals surface area contributed by atoms with E-state index in [1.54, 1.807) is 65.6 Å². The molecular weight excluding hydrogens is 558 g/mol. The van der Waals surface area contributed by atoms with Crippen LogP contribution < -0.4 is 5.32 Å². The molecule has 1 aliphatic rings. The number of rotatable bonds is 9. The molecule has 8 nitrogen and oxygen atoms in total. The minimum atomic E-state index is -0.704. The predicted molar refractivity (Wildman–Crippen MR) is 159 cm³/mol. The molecular formula is C31H31N3O5S2. The number of nitrogens with one attached hydrogen (secondary N) is 1. The fraction of sp³-hybridized carbons (Fsp3) is 0.290. The Balaban J connectivity index is 1.38. The number of amides is 1. The van der Waals surface area contributed by atoms with Gasteiger partial charge in [-0.15, -0.1) is 10.2 Å². The summed E-state index contributed by atoms with van der Waals surface area (Å²) in [5.41, 5.74) is 4.06. The summed E-state index contributed by atoms with van der Waals surface area (Å²) in [4.78, 5) is 24.9. The van der Waals surface area contributed by atoms with Gasteiger partial charge in [0.05, 0.1) is 18.8 Å². The van der Waals surface area contributed by atoms with Crippen molar-refractivity contribution in [2.75, 3.05) is 11.1 Å². The van der Waals surface area contributed by atoms with E-state index in [2.05, 4.69) is 22.4 Å². The Hall–Kier alpha value is -3.41. The molecule has 4 atom stereocenters. The van der Waals surface area contributed by atoms with Crippen LogP contribution >= 0.6 is 23.1 Å². The fourth-order valence-corrected chi connectivity index (χ4v) is 6.65. The lowest BCUT2D eigenvalue weighted by atomic mass is 9.91. The van der Waals surface area contributed by atoms with Crippen molar-refractivity contribution in [3.63, 3.8) is 0 Å². The maximum atomic E-state index is 13.1. The molecule has 10 heteroatoms. The number of hydrogen-bond acceptors (Lipinski definition) is 9. The second-order valence-electron chi connectivity index (χ2n) is 9.94. The number of aryl methyl sites for hydroxylation is 1. The summed E-state index contributed by atoms with van der Waals surface area (Å²) in [7, 11) is 0. The molecule has 1 amide bonds. The van der Waals surface area contributed by atoms with Crippen molar-refractivity contribution in [1.29, 1.82) is 0 Å². The number of nitrogens with zero attached hydrogens (tertiary/aromatic N) is 2. The minimum Gasteiger partial charge on any atom is -0.392 e. The summed E-state index contributed by atoms with van der Waals surface area (Å²) in [6, 6.07) is 21.8. The van der Waals surface area contributed by atoms with E-state index < -0.39 is 6.29 Å². The zero-order valence-corrected chi connectivity index (χ0v) is 24.6. The molecule has 0 aliphatic carbocycles. The highest BCUT2D eigenvalue weighted by atomic mass is 32.2. The van der Waals surface area contributed by atoms with E-state index in [9.17, 15) is 14.7 Å². The summed E-state index contributed by atoms with van der Waals surface area (Å²) in [6.07, 6.45) is -1.14. The van der Waals surface area contributed by atoms with Crippen LogP contribution in [0.15, 0.2) is 77.1 Å². The van der Waals surface area contributed by atoms with Crippen molar-refractivity contribution >= 4 is 40.5 Å². The second-order valence-corrected chi connectivity index (χ2v) is 12.4. The monoisotopic (exact) mass is 589 g/mol. The van der Waals surface area contributed by atoms with Gasteiger partial charge in [0.2, 0.25) is 0 Å². The van der Waals surface area contributed by atoms with Gasteiger partial charge in [0, 0.05) is 34.0 Å². The standard InChI is InChI=1S/C31H31N3O5S2/c1-18-27(17-40-31-34-33-20(3)41-31)38-30(39-28(18)22-12-10-21(16-35)11-13-22)25-8-4-7-24(14-25)29(37)32-26-9-5-6-23(15-26)19(2)36/h4-15,18,27-28,30,35H,16-17H2,1-3H3,(H,32,37). The topological polar surface area (TPSA) is 111 Å². The summed E-state index contributed by atoms with van der Waals surface area (Å²) in [5, 5.41) is 21.6. The highest BCUT2D eigenvalue weighted by Crippen LogP contribution is 2.43.